The molecule has 5 heteroatoms. The largest absolute Gasteiger partial charge is 0.373 e. The second-order valence-electron chi connectivity index (χ2n) is 4.33. The van der Waals surface area contributed by atoms with Gasteiger partial charge in [-0.25, -0.2) is 9.97 Å². The summed E-state index contributed by atoms with van der Waals surface area (Å²) in [6, 6.07) is 3.86. The van der Waals surface area contributed by atoms with E-state index in [4.69, 9.17) is 0 Å². The molecule has 2 heterocycles. The average Bonchev–Trinajstić information content (AvgIpc) is 2.47. The van der Waals surface area contributed by atoms with Gasteiger partial charge >= 0.3 is 0 Å². The minimum atomic E-state index is 0.347. The van der Waals surface area contributed by atoms with Crippen molar-refractivity contribution in [2.75, 3.05) is 12.4 Å². The zero-order chi connectivity index (χ0) is 13.2. The van der Waals surface area contributed by atoms with E-state index in [9.17, 15) is 0 Å². The van der Waals surface area contributed by atoms with E-state index in [1.54, 1.807) is 12.4 Å². The summed E-state index contributed by atoms with van der Waals surface area (Å²) in [6.07, 6.45) is 8.58. The van der Waals surface area contributed by atoms with Gasteiger partial charge in [-0.05, 0) is 24.6 Å². The van der Waals surface area contributed by atoms with Gasteiger partial charge in [0.05, 0.1) is 5.69 Å². The maximum atomic E-state index is 4.63. The fraction of sp³-hybridized carbons (Fsp3) is 0.214. The molecule has 1 aliphatic rings. The van der Waals surface area contributed by atoms with E-state index in [1.807, 2.05) is 25.3 Å². The van der Waals surface area contributed by atoms with Gasteiger partial charge in [0.1, 0.15) is 5.82 Å². The first-order valence-corrected chi connectivity index (χ1v) is 7.01. The third-order valence-corrected chi connectivity index (χ3v) is 3.69. The zero-order valence-corrected chi connectivity index (χ0v) is 12.1. The number of alkyl halides is 1. The molecule has 0 saturated heterocycles. The SMILES string of the molecule is CNc1nc(-c2cccnc2)nc2c1CC(Br)C=C2. The van der Waals surface area contributed by atoms with Crippen molar-refractivity contribution in [2.24, 2.45) is 0 Å². The molecule has 0 radical (unpaired) electrons. The van der Waals surface area contributed by atoms with Crippen LogP contribution < -0.4 is 5.32 Å². The van der Waals surface area contributed by atoms with E-state index in [0.717, 1.165) is 29.1 Å². The fourth-order valence-corrected chi connectivity index (χ4v) is 2.61. The highest BCUT2D eigenvalue weighted by atomic mass is 79.9. The topological polar surface area (TPSA) is 50.7 Å². The lowest BCUT2D eigenvalue weighted by atomic mass is 10.0. The van der Waals surface area contributed by atoms with Crippen LogP contribution >= 0.6 is 15.9 Å². The second-order valence-corrected chi connectivity index (χ2v) is 5.51. The van der Waals surface area contributed by atoms with Crippen molar-refractivity contribution in [3.8, 4) is 11.4 Å². The van der Waals surface area contributed by atoms with Crippen molar-refractivity contribution in [1.82, 2.24) is 15.0 Å². The molecule has 96 valence electrons. The number of aromatic nitrogens is 3. The Morgan fingerprint density at radius 2 is 2.26 bits per heavy atom. The molecule has 19 heavy (non-hydrogen) atoms. The van der Waals surface area contributed by atoms with Crippen LogP contribution in [0.5, 0.6) is 0 Å². The molecule has 2 aromatic rings. The molecular formula is C14H13BrN4. The lowest BCUT2D eigenvalue weighted by molar-refractivity contribution is 0.967. The normalized spacial score (nSPS) is 17.1. The Morgan fingerprint density at radius 3 is 3.00 bits per heavy atom. The maximum Gasteiger partial charge on any atom is 0.163 e. The highest BCUT2D eigenvalue weighted by molar-refractivity contribution is 9.09. The van der Waals surface area contributed by atoms with Gasteiger partial charge in [0.25, 0.3) is 0 Å². The number of halogens is 1. The van der Waals surface area contributed by atoms with Gasteiger partial charge in [0.15, 0.2) is 5.82 Å². The predicted molar refractivity (Wildman–Crippen MR) is 80.3 cm³/mol. The third kappa shape index (κ3) is 2.38. The van der Waals surface area contributed by atoms with Crippen LogP contribution in [0.15, 0.2) is 30.6 Å². The summed E-state index contributed by atoms with van der Waals surface area (Å²) in [5, 5.41) is 3.16. The first-order chi connectivity index (χ1) is 9.28. The van der Waals surface area contributed by atoms with Crippen LogP contribution in [0.1, 0.15) is 11.3 Å². The Kier molecular flexibility index (Phi) is 3.29. The summed E-state index contributed by atoms with van der Waals surface area (Å²) in [7, 11) is 1.89. The smallest absolute Gasteiger partial charge is 0.163 e. The lowest BCUT2D eigenvalue weighted by Gasteiger charge is -2.18. The molecule has 0 fully saturated rings. The molecule has 0 aliphatic heterocycles. The molecule has 4 nitrogen and oxygen atoms in total. The second kappa shape index (κ2) is 5.09. The summed E-state index contributed by atoms with van der Waals surface area (Å²) in [6.45, 7) is 0. The van der Waals surface area contributed by atoms with Crippen LogP contribution in [-0.4, -0.2) is 26.8 Å². The van der Waals surface area contributed by atoms with Crippen LogP contribution in [-0.2, 0) is 6.42 Å². The van der Waals surface area contributed by atoms with Gasteiger partial charge in [-0.1, -0.05) is 22.0 Å². The van der Waals surface area contributed by atoms with Gasteiger partial charge in [-0.3, -0.25) is 4.98 Å². The first-order valence-electron chi connectivity index (χ1n) is 6.09. The molecule has 1 aliphatic carbocycles. The third-order valence-electron chi connectivity index (χ3n) is 3.06. The molecule has 1 N–H and O–H groups in total. The van der Waals surface area contributed by atoms with Crippen LogP contribution in [0.3, 0.4) is 0 Å². The molecule has 1 atom stereocenters. The van der Waals surface area contributed by atoms with E-state index in [2.05, 4.69) is 42.3 Å². The molecule has 1 unspecified atom stereocenters. The number of nitrogens with one attached hydrogen (secondary N) is 1. The minimum absolute atomic E-state index is 0.347. The number of hydrogen-bond donors (Lipinski definition) is 1. The molecule has 3 rings (SSSR count). The lowest BCUT2D eigenvalue weighted by Crippen LogP contribution is -2.12. The van der Waals surface area contributed by atoms with E-state index < -0.39 is 0 Å². The number of pyridine rings is 1. The number of rotatable bonds is 2. The highest BCUT2D eigenvalue weighted by Gasteiger charge is 2.18. The number of anilines is 1. The monoisotopic (exact) mass is 316 g/mol. The molecule has 0 bridgehead atoms. The molecule has 0 aromatic carbocycles. The van der Waals surface area contributed by atoms with Gasteiger partial charge in [0.2, 0.25) is 0 Å². The summed E-state index contributed by atoms with van der Waals surface area (Å²) in [5.41, 5.74) is 3.06. The van der Waals surface area contributed by atoms with E-state index in [0.29, 0.717) is 10.7 Å². The van der Waals surface area contributed by atoms with Crippen molar-refractivity contribution < 1.29 is 0 Å². The summed E-state index contributed by atoms with van der Waals surface area (Å²) >= 11 is 3.60. The van der Waals surface area contributed by atoms with Gasteiger partial charge in [-0.2, -0.15) is 0 Å². The summed E-state index contributed by atoms with van der Waals surface area (Å²) in [4.78, 5) is 13.7. The number of hydrogen-bond acceptors (Lipinski definition) is 4. The van der Waals surface area contributed by atoms with Crippen LogP contribution in [0, 0.1) is 0 Å². The van der Waals surface area contributed by atoms with Crippen molar-refractivity contribution in [1.29, 1.82) is 0 Å². The Labute approximate surface area is 120 Å². The van der Waals surface area contributed by atoms with E-state index in [1.165, 1.54) is 0 Å². The van der Waals surface area contributed by atoms with Crippen molar-refractivity contribution in [3.63, 3.8) is 0 Å². The quantitative estimate of drug-likeness (QED) is 0.865. The van der Waals surface area contributed by atoms with Crippen LogP contribution in [0.25, 0.3) is 17.5 Å². The van der Waals surface area contributed by atoms with Gasteiger partial charge < -0.3 is 5.32 Å². The molecule has 0 spiro atoms. The van der Waals surface area contributed by atoms with Gasteiger partial charge in [-0.15, -0.1) is 0 Å². The summed E-state index contributed by atoms with van der Waals surface area (Å²) in [5.74, 6) is 1.59. The standard InChI is InChI=1S/C14H13BrN4/c1-16-14-11-7-10(15)4-5-12(11)18-13(19-14)9-3-2-6-17-8-9/h2-6,8,10H,7H2,1H3,(H,16,18,19). The van der Waals surface area contributed by atoms with Crippen molar-refractivity contribution >= 4 is 27.8 Å². The Morgan fingerprint density at radius 1 is 1.37 bits per heavy atom. The van der Waals surface area contributed by atoms with Crippen LogP contribution in [0.2, 0.25) is 0 Å². The number of nitrogens with zero attached hydrogens (tertiary/aromatic N) is 3. The molecule has 0 amide bonds. The Hall–Kier alpha value is -1.75. The van der Waals surface area contributed by atoms with Crippen LogP contribution in [0.4, 0.5) is 5.82 Å². The van der Waals surface area contributed by atoms with E-state index in [-0.39, 0.29) is 0 Å². The number of allylic oxidation sites excluding steroid dienone is 1. The fourth-order valence-electron chi connectivity index (χ4n) is 2.13. The predicted octanol–water partition coefficient (Wildman–Crippen LogP) is 2.91. The van der Waals surface area contributed by atoms with Crippen molar-refractivity contribution in [3.05, 3.63) is 41.9 Å². The highest BCUT2D eigenvalue weighted by Crippen LogP contribution is 2.29. The maximum absolute atomic E-state index is 4.63. The van der Waals surface area contributed by atoms with E-state index >= 15 is 0 Å². The van der Waals surface area contributed by atoms with Crippen molar-refractivity contribution in [2.45, 2.75) is 11.2 Å². The zero-order valence-electron chi connectivity index (χ0n) is 10.5. The Bertz CT molecular complexity index is 625. The summed E-state index contributed by atoms with van der Waals surface area (Å²) < 4.78 is 0. The minimum Gasteiger partial charge on any atom is -0.373 e. The van der Waals surface area contributed by atoms with Gasteiger partial charge in [0, 0.05) is 35.4 Å². The Balaban J connectivity index is 2.14. The average molecular weight is 317 g/mol. The molecule has 2 aromatic heterocycles. The first kappa shape index (κ1) is 12.3. The molecular weight excluding hydrogens is 304 g/mol. The number of fused-ring (bicyclic) bond motifs is 1. The molecule has 0 saturated carbocycles.